The van der Waals surface area contributed by atoms with Crippen LogP contribution in [0.25, 0.3) is 0 Å². The molecule has 1 aliphatic carbocycles. The highest BCUT2D eigenvalue weighted by molar-refractivity contribution is 7.80. The molecule has 0 saturated heterocycles. The molecule has 0 heterocycles. The molecule has 0 aromatic rings. The molecular weight excluding hydrogens is 164 g/mol. The van der Waals surface area contributed by atoms with Crippen molar-refractivity contribution >= 4 is 12.6 Å². The van der Waals surface area contributed by atoms with E-state index in [9.17, 15) is 0 Å². The van der Waals surface area contributed by atoms with Gasteiger partial charge in [-0.3, -0.25) is 0 Å². The summed E-state index contributed by atoms with van der Waals surface area (Å²) in [6.07, 6.45) is 10.1. The van der Waals surface area contributed by atoms with Crippen LogP contribution in [0.4, 0.5) is 0 Å². The summed E-state index contributed by atoms with van der Waals surface area (Å²) in [5.41, 5.74) is 0. The lowest BCUT2D eigenvalue weighted by molar-refractivity contribution is 0.455. The Labute approximate surface area is 82.5 Å². The van der Waals surface area contributed by atoms with Crippen molar-refractivity contribution in [2.24, 2.45) is 11.8 Å². The maximum absolute atomic E-state index is 4.22. The molecule has 1 saturated carbocycles. The van der Waals surface area contributed by atoms with E-state index in [1.54, 1.807) is 0 Å². The van der Waals surface area contributed by atoms with E-state index in [0.717, 1.165) is 17.6 Å². The van der Waals surface area contributed by atoms with Crippen LogP contribution in [0.3, 0.4) is 0 Å². The molecule has 1 aliphatic rings. The lowest BCUT2D eigenvalue weighted by Gasteiger charge is -2.08. The Bertz CT molecular complexity index is 112. The Balaban J connectivity index is 1.93. The largest absolute Gasteiger partial charge is 0.179 e. The summed E-state index contributed by atoms with van der Waals surface area (Å²) in [6.45, 7) is 2.40. The van der Waals surface area contributed by atoms with E-state index in [4.69, 9.17) is 0 Å². The number of unbranched alkanes of at least 4 members (excludes halogenated alkanes) is 2. The quantitative estimate of drug-likeness (QED) is 0.488. The summed E-state index contributed by atoms with van der Waals surface area (Å²) >= 11 is 4.22. The molecule has 0 N–H and O–H groups in total. The predicted octanol–water partition coefficient (Wildman–Crippen LogP) is 3.91. The van der Waals surface area contributed by atoms with Crippen LogP contribution in [0, 0.1) is 11.8 Å². The van der Waals surface area contributed by atoms with E-state index in [1.165, 1.54) is 44.9 Å². The van der Waals surface area contributed by atoms with Gasteiger partial charge < -0.3 is 0 Å². The molecule has 2 atom stereocenters. The molecule has 0 amide bonds. The first-order valence-corrected chi connectivity index (χ1v) is 6.07. The highest BCUT2D eigenvalue weighted by Crippen LogP contribution is 2.33. The average Bonchev–Trinajstić information content (AvgIpc) is 2.45. The molecule has 0 spiro atoms. The summed E-state index contributed by atoms with van der Waals surface area (Å²) in [6, 6.07) is 0. The van der Waals surface area contributed by atoms with Gasteiger partial charge in [0, 0.05) is 0 Å². The van der Waals surface area contributed by atoms with Gasteiger partial charge in [0.05, 0.1) is 0 Å². The zero-order valence-corrected chi connectivity index (χ0v) is 9.15. The van der Waals surface area contributed by atoms with Crippen LogP contribution in [-0.4, -0.2) is 5.75 Å². The Hall–Kier alpha value is 0.350. The van der Waals surface area contributed by atoms with Crippen LogP contribution in [0.15, 0.2) is 0 Å². The van der Waals surface area contributed by atoms with E-state index in [-0.39, 0.29) is 0 Å². The van der Waals surface area contributed by atoms with E-state index < -0.39 is 0 Å². The van der Waals surface area contributed by atoms with Gasteiger partial charge in [0.2, 0.25) is 0 Å². The van der Waals surface area contributed by atoms with Crippen molar-refractivity contribution in [3.63, 3.8) is 0 Å². The second-order valence-electron chi connectivity index (χ2n) is 4.36. The second kappa shape index (κ2) is 5.90. The molecule has 0 radical (unpaired) electrons. The molecule has 12 heavy (non-hydrogen) atoms. The zero-order valence-electron chi connectivity index (χ0n) is 8.26. The fourth-order valence-corrected chi connectivity index (χ4v) is 2.53. The van der Waals surface area contributed by atoms with Crippen molar-refractivity contribution in [2.45, 2.75) is 51.9 Å². The Morgan fingerprint density at radius 3 is 2.58 bits per heavy atom. The highest BCUT2D eigenvalue weighted by Gasteiger charge is 2.20. The highest BCUT2D eigenvalue weighted by atomic mass is 32.1. The van der Waals surface area contributed by atoms with Crippen molar-refractivity contribution in [3.8, 4) is 0 Å². The van der Waals surface area contributed by atoms with Crippen LogP contribution < -0.4 is 0 Å². The van der Waals surface area contributed by atoms with Crippen molar-refractivity contribution < 1.29 is 0 Å². The Morgan fingerprint density at radius 2 is 2.00 bits per heavy atom. The van der Waals surface area contributed by atoms with Gasteiger partial charge >= 0.3 is 0 Å². The van der Waals surface area contributed by atoms with Crippen LogP contribution in [-0.2, 0) is 0 Å². The van der Waals surface area contributed by atoms with E-state index in [2.05, 4.69) is 19.6 Å². The van der Waals surface area contributed by atoms with Crippen LogP contribution in [0.1, 0.15) is 51.9 Å². The first-order chi connectivity index (χ1) is 5.83. The van der Waals surface area contributed by atoms with Gasteiger partial charge in [-0.25, -0.2) is 0 Å². The standard InChI is InChI=1S/C11H22S/c1-10-6-7-11(9-10)5-3-2-4-8-12/h10-12H,2-9H2,1H3. The van der Waals surface area contributed by atoms with Crippen molar-refractivity contribution in [2.75, 3.05) is 5.75 Å². The average molecular weight is 186 g/mol. The zero-order chi connectivity index (χ0) is 8.81. The molecule has 1 fully saturated rings. The maximum Gasteiger partial charge on any atom is -0.00979 e. The molecule has 0 aromatic heterocycles. The Kier molecular flexibility index (Phi) is 5.13. The molecule has 72 valence electrons. The third-order valence-corrected chi connectivity index (χ3v) is 3.39. The van der Waals surface area contributed by atoms with Gasteiger partial charge in [-0.15, -0.1) is 0 Å². The number of hydrogen-bond donors (Lipinski definition) is 1. The van der Waals surface area contributed by atoms with Gasteiger partial charge in [-0.2, -0.15) is 12.6 Å². The third kappa shape index (κ3) is 3.84. The van der Waals surface area contributed by atoms with E-state index >= 15 is 0 Å². The van der Waals surface area contributed by atoms with Gasteiger partial charge in [0.1, 0.15) is 0 Å². The molecule has 2 unspecified atom stereocenters. The van der Waals surface area contributed by atoms with Gasteiger partial charge in [0.25, 0.3) is 0 Å². The topological polar surface area (TPSA) is 0 Å². The smallest absolute Gasteiger partial charge is 0.00979 e. The first-order valence-electron chi connectivity index (χ1n) is 5.43. The second-order valence-corrected chi connectivity index (χ2v) is 4.80. The summed E-state index contributed by atoms with van der Waals surface area (Å²) < 4.78 is 0. The monoisotopic (exact) mass is 186 g/mol. The molecular formula is C11H22S. The molecule has 0 aromatic carbocycles. The summed E-state index contributed by atoms with van der Waals surface area (Å²) in [5.74, 6) is 3.15. The minimum absolute atomic E-state index is 1.01. The Morgan fingerprint density at radius 1 is 1.17 bits per heavy atom. The van der Waals surface area contributed by atoms with Crippen molar-refractivity contribution in [3.05, 3.63) is 0 Å². The number of hydrogen-bond acceptors (Lipinski definition) is 1. The minimum atomic E-state index is 1.01. The normalized spacial score (nSPS) is 29.5. The van der Waals surface area contributed by atoms with Crippen LogP contribution >= 0.6 is 12.6 Å². The first kappa shape index (κ1) is 10.4. The number of rotatable bonds is 5. The van der Waals surface area contributed by atoms with Crippen molar-refractivity contribution in [1.82, 2.24) is 0 Å². The molecule has 0 aliphatic heterocycles. The van der Waals surface area contributed by atoms with E-state index in [0.29, 0.717) is 0 Å². The summed E-state index contributed by atoms with van der Waals surface area (Å²) in [4.78, 5) is 0. The van der Waals surface area contributed by atoms with Crippen LogP contribution in [0.2, 0.25) is 0 Å². The fraction of sp³-hybridized carbons (Fsp3) is 1.00. The van der Waals surface area contributed by atoms with Crippen molar-refractivity contribution in [1.29, 1.82) is 0 Å². The summed E-state index contributed by atoms with van der Waals surface area (Å²) in [7, 11) is 0. The maximum atomic E-state index is 4.22. The predicted molar refractivity (Wildman–Crippen MR) is 58.8 cm³/mol. The molecule has 1 rings (SSSR count). The van der Waals surface area contributed by atoms with Crippen LogP contribution in [0.5, 0.6) is 0 Å². The lowest BCUT2D eigenvalue weighted by Crippen LogP contribution is -1.94. The number of thiol groups is 1. The third-order valence-electron chi connectivity index (χ3n) is 3.07. The van der Waals surface area contributed by atoms with Gasteiger partial charge in [-0.05, 0) is 30.4 Å². The molecule has 1 heteroatoms. The molecule has 0 nitrogen and oxygen atoms in total. The minimum Gasteiger partial charge on any atom is -0.179 e. The van der Waals surface area contributed by atoms with E-state index in [1.807, 2.05) is 0 Å². The summed E-state index contributed by atoms with van der Waals surface area (Å²) in [5, 5.41) is 0. The fourth-order valence-electron chi connectivity index (χ4n) is 2.31. The van der Waals surface area contributed by atoms with Gasteiger partial charge in [-0.1, -0.05) is 39.0 Å². The SMILES string of the molecule is CC1CCC(CCCCCS)C1. The molecule has 0 bridgehead atoms. The lowest BCUT2D eigenvalue weighted by atomic mass is 9.99. The van der Waals surface area contributed by atoms with Gasteiger partial charge in [0.15, 0.2) is 0 Å².